The normalized spacial score (nSPS) is 17.8. The van der Waals surface area contributed by atoms with Crippen LogP contribution < -0.4 is 5.32 Å². The van der Waals surface area contributed by atoms with Crippen LogP contribution in [0.4, 0.5) is 0 Å². The first-order chi connectivity index (χ1) is 8.28. The third-order valence-electron chi connectivity index (χ3n) is 3.42. The largest absolute Gasteiger partial charge is 0.317 e. The average molecular weight is 273 g/mol. The highest BCUT2D eigenvalue weighted by atomic mass is 35.5. The van der Waals surface area contributed by atoms with Gasteiger partial charge in [0.25, 0.3) is 0 Å². The monoisotopic (exact) mass is 272 g/mol. The molecule has 0 radical (unpaired) electrons. The first-order valence-electron chi connectivity index (χ1n) is 6.44. The highest BCUT2D eigenvalue weighted by Crippen LogP contribution is 2.22. The number of piperidine rings is 1. The van der Waals surface area contributed by atoms with E-state index < -0.39 is 0 Å². The molecule has 1 fully saturated rings. The molecule has 4 heteroatoms. The van der Waals surface area contributed by atoms with Crippen molar-refractivity contribution in [3.63, 3.8) is 0 Å². The highest BCUT2D eigenvalue weighted by Gasteiger charge is 2.16. The van der Waals surface area contributed by atoms with Gasteiger partial charge in [-0.2, -0.15) is 0 Å². The third kappa shape index (κ3) is 4.25. The number of nitrogens with zero attached hydrogens (tertiary/aromatic N) is 1. The van der Waals surface area contributed by atoms with Crippen LogP contribution in [0.5, 0.6) is 0 Å². The first kappa shape index (κ1) is 13.3. The number of hydrogen-bond donors (Lipinski definition) is 1. The lowest BCUT2D eigenvalue weighted by molar-refractivity contribution is 0.208. The summed E-state index contributed by atoms with van der Waals surface area (Å²) in [5.74, 6) is 0.867. The Kier molecular flexibility index (Phi) is 5.29. The van der Waals surface area contributed by atoms with E-state index in [1.807, 2.05) is 5.38 Å². The smallest absolute Gasteiger partial charge is 0.0516 e. The van der Waals surface area contributed by atoms with Crippen LogP contribution in [0.15, 0.2) is 11.4 Å². The van der Waals surface area contributed by atoms with Gasteiger partial charge in [-0.05, 0) is 44.5 Å². The number of thiophene rings is 1. The third-order valence-corrected chi connectivity index (χ3v) is 4.69. The van der Waals surface area contributed by atoms with Crippen LogP contribution in [0.3, 0.4) is 0 Å². The molecule has 0 spiro atoms. The van der Waals surface area contributed by atoms with Gasteiger partial charge in [-0.1, -0.05) is 18.5 Å². The molecule has 96 valence electrons. The lowest BCUT2D eigenvalue weighted by atomic mass is 9.97. The molecule has 1 aliphatic rings. The van der Waals surface area contributed by atoms with Gasteiger partial charge in [0.15, 0.2) is 0 Å². The van der Waals surface area contributed by atoms with Gasteiger partial charge in [0, 0.05) is 23.3 Å². The van der Waals surface area contributed by atoms with Gasteiger partial charge in [0.05, 0.1) is 5.02 Å². The minimum atomic E-state index is 0.867. The second-order valence-electron chi connectivity index (χ2n) is 4.75. The highest BCUT2D eigenvalue weighted by molar-refractivity contribution is 7.10. The fourth-order valence-electron chi connectivity index (χ4n) is 2.39. The Morgan fingerprint density at radius 1 is 1.47 bits per heavy atom. The van der Waals surface area contributed by atoms with Crippen molar-refractivity contribution in [3.8, 4) is 0 Å². The lowest BCUT2D eigenvalue weighted by Gasteiger charge is -2.29. The van der Waals surface area contributed by atoms with E-state index in [0.29, 0.717) is 0 Å². The maximum Gasteiger partial charge on any atom is 0.0516 e. The maximum atomic E-state index is 5.96. The summed E-state index contributed by atoms with van der Waals surface area (Å²) in [4.78, 5) is 3.92. The summed E-state index contributed by atoms with van der Waals surface area (Å²) in [5, 5.41) is 6.33. The second kappa shape index (κ2) is 6.74. The molecule has 1 aromatic rings. The van der Waals surface area contributed by atoms with Crippen LogP contribution in [0, 0.1) is 5.92 Å². The van der Waals surface area contributed by atoms with Crippen LogP contribution in [-0.4, -0.2) is 31.1 Å². The van der Waals surface area contributed by atoms with Crippen molar-refractivity contribution in [2.45, 2.75) is 26.3 Å². The molecule has 0 amide bonds. The zero-order valence-electron chi connectivity index (χ0n) is 10.4. The molecule has 1 aromatic heterocycles. The Bertz CT molecular complexity index is 334. The van der Waals surface area contributed by atoms with Crippen LogP contribution in [0.25, 0.3) is 0 Å². The minimum absolute atomic E-state index is 0.867. The molecule has 0 aromatic carbocycles. The van der Waals surface area contributed by atoms with Crippen molar-refractivity contribution in [2.75, 3.05) is 26.2 Å². The van der Waals surface area contributed by atoms with E-state index in [0.717, 1.165) is 24.0 Å². The number of hydrogen-bond acceptors (Lipinski definition) is 3. The lowest BCUT2D eigenvalue weighted by Crippen LogP contribution is -2.35. The van der Waals surface area contributed by atoms with Crippen molar-refractivity contribution in [1.82, 2.24) is 10.2 Å². The summed E-state index contributed by atoms with van der Waals surface area (Å²) >= 11 is 7.73. The van der Waals surface area contributed by atoms with E-state index in [2.05, 4.69) is 23.2 Å². The minimum Gasteiger partial charge on any atom is -0.317 e. The molecule has 1 aliphatic heterocycles. The van der Waals surface area contributed by atoms with E-state index in [1.165, 1.54) is 37.4 Å². The van der Waals surface area contributed by atoms with E-state index in [4.69, 9.17) is 11.6 Å². The standard InChI is InChI=1S/C13H21ClN2S/c1-2-16(8-11-3-5-15-6-4-11)9-13-7-12(14)10-17-13/h7,10-11,15H,2-6,8-9H2,1H3. The molecule has 0 saturated carbocycles. The van der Waals surface area contributed by atoms with E-state index in [9.17, 15) is 0 Å². The van der Waals surface area contributed by atoms with E-state index in [1.54, 1.807) is 11.3 Å². The van der Waals surface area contributed by atoms with Crippen molar-refractivity contribution in [1.29, 1.82) is 0 Å². The molecule has 0 atom stereocenters. The SMILES string of the molecule is CCN(Cc1cc(Cl)cs1)CC1CCNCC1. The predicted octanol–water partition coefficient (Wildman–Crippen LogP) is 3.22. The van der Waals surface area contributed by atoms with E-state index >= 15 is 0 Å². The van der Waals surface area contributed by atoms with Gasteiger partial charge in [0.2, 0.25) is 0 Å². The molecular weight excluding hydrogens is 252 g/mol. The number of rotatable bonds is 5. The summed E-state index contributed by atoms with van der Waals surface area (Å²) in [5.41, 5.74) is 0. The van der Waals surface area contributed by atoms with Crippen LogP contribution in [-0.2, 0) is 6.54 Å². The van der Waals surface area contributed by atoms with Gasteiger partial charge in [-0.15, -0.1) is 11.3 Å². The van der Waals surface area contributed by atoms with Gasteiger partial charge >= 0.3 is 0 Å². The Morgan fingerprint density at radius 3 is 2.82 bits per heavy atom. The van der Waals surface area contributed by atoms with Gasteiger partial charge in [-0.3, -0.25) is 4.90 Å². The quantitative estimate of drug-likeness (QED) is 0.885. The molecule has 0 bridgehead atoms. The molecule has 0 aliphatic carbocycles. The summed E-state index contributed by atoms with van der Waals surface area (Å²) in [6.07, 6.45) is 2.64. The fraction of sp³-hybridized carbons (Fsp3) is 0.692. The Morgan fingerprint density at radius 2 is 2.24 bits per heavy atom. The van der Waals surface area contributed by atoms with Crippen LogP contribution >= 0.6 is 22.9 Å². The molecule has 1 N–H and O–H groups in total. The van der Waals surface area contributed by atoms with Gasteiger partial charge < -0.3 is 5.32 Å². The Hall–Kier alpha value is -0.0900. The number of halogens is 1. The predicted molar refractivity (Wildman–Crippen MR) is 75.9 cm³/mol. The molecule has 2 nitrogen and oxygen atoms in total. The zero-order chi connectivity index (χ0) is 12.1. The van der Waals surface area contributed by atoms with E-state index in [-0.39, 0.29) is 0 Å². The Labute approximate surface area is 113 Å². The molecule has 2 rings (SSSR count). The van der Waals surface area contributed by atoms with Crippen molar-refractivity contribution < 1.29 is 0 Å². The molecule has 0 unspecified atom stereocenters. The summed E-state index contributed by atoms with van der Waals surface area (Å²) in [6, 6.07) is 2.09. The molecule has 1 saturated heterocycles. The summed E-state index contributed by atoms with van der Waals surface area (Å²) < 4.78 is 0. The first-order valence-corrected chi connectivity index (χ1v) is 7.69. The van der Waals surface area contributed by atoms with Crippen molar-refractivity contribution >= 4 is 22.9 Å². The summed E-state index contributed by atoms with van der Waals surface area (Å²) in [7, 11) is 0. The van der Waals surface area contributed by atoms with Gasteiger partial charge in [0.1, 0.15) is 0 Å². The second-order valence-corrected chi connectivity index (χ2v) is 6.18. The van der Waals surface area contributed by atoms with Gasteiger partial charge in [-0.25, -0.2) is 0 Å². The fourth-order valence-corrected chi connectivity index (χ4v) is 3.51. The number of nitrogens with one attached hydrogen (secondary N) is 1. The summed E-state index contributed by atoms with van der Waals surface area (Å²) in [6.45, 7) is 8.03. The van der Waals surface area contributed by atoms with Crippen molar-refractivity contribution in [3.05, 3.63) is 21.3 Å². The molecule has 17 heavy (non-hydrogen) atoms. The maximum absolute atomic E-state index is 5.96. The Balaban J connectivity index is 1.83. The zero-order valence-corrected chi connectivity index (χ0v) is 12.0. The topological polar surface area (TPSA) is 15.3 Å². The molecular formula is C13H21ClN2S. The van der Waals surface area contributed by atoms with Crippen molar-refractivity contribution in [2.24, 2.45) is 5.92 Å². The molecule has 2 heterocycles. The van der Waals surface area contributed by atoms with Crippen LogP contribution in [0.2, 0.25) is 5.02 Å². The average Bonchev–Trinajstić information content (AvgIpc) is 2.75. The van der Waals surface area contributed by atoms with Crippen LogP contribution in [0.1, 0.15) is 24.6 Å².